The Labute approximate surface area is 145 Å². The topological polar surface area (TPSA) is 65.7 Å². The van der Waals surface area contributed by atoms with Crippen LogP contribution in [0.2, 0.25) is 0 Å². The highest BCUT2D eigenvalue weighted by atomic mass is 16.4. The predicted molar refractivity (Wildman–Crippen MR) is 98.2 cm³/mol. The number of nitrogens with one attached hydrogen (secondary N) is 2. The van der Waals surface area contributed by atoms with Crippen molar-refractivity contribution in [1.29, 1.82) is 0 Å². The monoisotopic (exact) mass is 333 g/mol. The van der Waals surface area contributed by atoms with Gasteiger partial charge < -0.3 is 15.1 Å². The molecule has 0 radical (unpaired) electrons. The minimum absolute atomic E-state index is 0.0232. The summed E-state index contributed by atoms with van der Waals surface area (Å²) >= 11 is 0. The first-order valence-corrected chi connectivity index (χ1v) is 8.68. The SMILES string of the molecule is C=CCN1CCC(NC(=NC)NCc2ncc(C(C)(C)C)o2)CC1. The van der Waals surface area contributed by atoms with Crippen LogP contribution in [0.5, 0.6) is 0 Å². The van der Waals surface area contributed by atoms with Crippen LogP contribution in [0.3, 0.4) is 0 Å². The largest absolute Gasteiger partial charge is 0.443 e. The molecule has 6 nitrogen and oxygen atoms in total. The van der Waals surface area contributed by atoms with E-state index in [1.807, 2.05) is 12.3 Å². The Morgan fingerprint density at radius 1 is 1.46 bits per heavy atom. The van der Waals surface area contributed by atoms with Gasteiger partial charge in [-0.05, 0) is 12.8 Å². The molecular formula is C18H31N5O. The zero-order chi connectivity index (χ0) is 17.6. The lowest BCUT2D eigenvalue weighted by Gasteiger charge is -2.32. The van der Waals surface area contributed by atoms with Crippen molar-refractivity contribution < 1.29 is 4.42 Å². The van der Waals surface area contributed by atoms with Crippen molar-refractivity contribution in [3.05, 3.63) is 30.5 Å². The number of oxazole rings is 1. The molecule has 0 atom stereocenters. The third kappa shape index (κ3) is 5.37. The van der Waals surface area contributed by atoms with E-state index in [4.69, 9.17) is 4.42 Å². The molecule has 2 heterocycles. The van der Waals surface area contributed by atoms with E-state index < -0.39 is 0 Å². The Bertz CT molecular complexity index is 550. The van der Waals surface area contributed by atoms with Gasteiger partial charge in [0.2, 0.25) is 5.89 Å². The number of aromatic nitrogens is 1. The number of likely N-dealkylation sites (tertiary alicyclic amines) is 1. The number of aliphatic imine (C=N–C) groups is 1. The van der Waals surface area contributed by atoms with Gasteiger partial charge in [-0.25, -0.2) is 4.98 Å². The summed E-state index contributed by atoms with van der Waals surface area (Å²) in [5.74, 6) is 2.38. The van der Waals surface area contributed by atoms with Gasteiger partial charge in [0.15, 0.2) is 5.96 Å². The van der Waals surface area contributed by atoms with Crippen LogP contribution in [0.1, 0.15) is 45.3 Å². The second kappa shape index (κ2) is 8.33. The van der Waals surface area contributed by atoms with Crippen LogP contribution >= 0.6 is 0 Å². The summed E-state index contributed by atoms with van der Waals surface area (Å²) in [4.78, 5) is 11.1. The fourth-order valence-electron chi connectivity index (χ4n) is 2.73. The molecule has 0 saturated carbocycles. The van der Waals surface area contributed by atoms with Gasteiger partial charge in [0.1, 0.15) is 5.76 Å². The molecule has 1 aliphatic heterocycles. The summed E-state index contributed by atoms with van der Waals surface area (Å²) in [7, 11) is 1.79. The quantitative estimate of drug-likeness (QED) is 0.492. The maximum atomic E-state index is 5.80. The Kier molecular flexibility index (Phi) is 6.43. The third-order valence-electron chi connectivity index (χ3n) is 4.24. The highest BCUT2D eigenvalue weighted by Gasteiger charge is 2.20. The van der Waals surface area contributed by atoms with Crippen molar-refractivity contribution in [3.8, 4) is 0 Å². The standard InChI is InChI=1S/C18H31N5O/c1-6-9-23-10-7-14(8-11-23)22-17(19-5)21-13-16-20-12-15(24-16)18(2,3)4/h6,12,14H,1,7-11,13H2,2-5H3,(H2,19,21,22). The van der Waals surface area contributed by atoms with Crippen LogP contribution in [0, 0.1) is 0 Å². The van der Waals surface area contributed by atoms with Gasteiger partial charge >= 0.3 is 0 Å². The van der Waals surface area contributed by atoms with Crippen molar-refractivity contribution in [2.24, 2.45) is 4.99 Å². The maximum Gasteiger partial charge on any atom is 0.213 e. The smallest absolute Gasteiger partial charge is 0.213 e. The van der Waals surface area contributed by atoms with E-state index in [9.17, 15) is 0 Å². The summed E-state index contributed by atoms with van der Waals surface area (Å²) < 4.78 is 5.80. The second-order valence-corrected chi connectivity index (χ2v) is 7.30. The van der Waals surface area contributed by atoms with E-state index in [0.717, 1.165) is 44.2 Å². The lowest BCUT2D eigenvalue weighted by Crippen LogP contribution is -2.48. The van der Waals surface area contributed by atoms with E-state index in [0.29, 0.717) is 18.5 Å². The Balaban J connectivity index is 1.79. The molecule has 1 aliphatic rings. The molecule has 134 valence electrons. The van der Waals surface area contributed by atoms with Crippen LogP contribution in [-0.4, -0.2) is 48.6 Å². The predicted octanol–water partition coefficient (Wildman–Crippen LogP) is 2.29. The van der Waals surface area contributed by atoms with Gasteiger partial charge in [-0.3, -0.25) is 9.89 Å². The molecule has 2 rings (SSSR count). The molecule has 0 aromatic carbocycles. The van der Waals surface area contributed by atoms with E-state index >= 15 is 0 Å². The molecule has 0 bridgehead atoms. The zero-order valence-corrected chi connectivity index (χ0v) is 15.4. The minimum atomic E-state index is -0.0232. The molecule has 1 aromatic heterocycles. The Hall–Kier alpha value is -1.82. The third-order valence-corrected chi connectivity index (χ3v) is 4.24. The van der Waals surface area contributed by atoms with Crippen molar-refractivity contribution in [3.63, 3.8) is 0 Å². The molecule has 2 N–H and O–H groups in total. The van der Waals surface area contributed by atoms with Gasteiger partial charge in [0.25, 0.3) is 0 Å². The normalized spacial score (nSPS) is 17.8. The summed E-state index contributed by atoms with van der Waals surface area (Å²) in [6.45, 7) is 13.8. The number of guanidine groups is 1. The van der Waals surface area contributed by atoms with Crippen molar-refractivity contribution in [1.82, 2.24) is 20.5 Å². The molecule has 0 aliphatic carbocycles. The fraction of sp³-hybridized carbons (Fsp3) is 0.667. The van der Waals surface area contributed by atoms with E-state index in [1.54, 1.807) is 7.05 Å². The number of piperidine rings is 1. The highest BCUT2D eigenvalue weighted by Crippen LogP contribution is 2.22. The average Bonchev–Trinajstić information content (AvgIpc) is 3.02. The zero-order valence-electron chi connectivity index (χ0n) is 15.4. The summed E-state index contributed by atoms with van der Waals surface area (Å²) in [6.07, 6.45) is 6.00. The molecule has 6 heteroatoms. The molecule has 1 aromatic rings. The van der Waals surface area contributed by atoms with Crippen molar-refractivity contribution >= 4 is 5.96 Å². The first-order chi connectivity index (χ1) is 11.4. The molecular weight excluding hydrogens is 302 g/mol. The van der Waals surface area contributed by atoms with E-state index in [2.05, 4.69) is 52.9 Å². The first-order valence-electron chi connectivity index (χ1n) is 8.68. The summed E-state index contributed by atoms with van der Waals surface area (Å²) in [5.41, 5.74) is -0.0232. The molecule has 0 amide bonds. The van der Waals surface area contributed by atoms with Crippen LogP contribution in [-0.2, 0) is 12.0 Å². The van der Waals surface area contributed by atoms with E-state index in [1.165, 1.54) is 0 Å². The summed E-state index contributed by atoms with van der Waals surface area (Å²) in [5, 5.41) is 6.78. The second-order valence-electron chi connectivity index (χ2n) is 7.30. The minimum Gasteiger partial charge on any atom is -0.443 e. The molecule has 1 saturated heterocycles. The van der Waals surface area contributed by atoms with Crippen LogP contribution in [0.15, 0.2) is 28.3 Å². The van der Waals surface area contributed by atoms with Gasteiger partial charge in [-0.2, -0.15) is 0 Å². The number of rotatable bonds is 5. The number of hydrogen-bond acceptors (Lipinski definition) is 4. The van der Waals surface area contributed by atoms with E-state index in [-0.39, 0.29) is 5.41 Å². The fourth-order valence-corrected chi connectivity index (χ4v) is 2.73. The maximum absolute atomic E-state index is 5.80. The molecule has 0 spiro atoms. The van der Waals surface area contributed by atoms with Crippen LogP contribution in [0.25, 0.3) is 0 Å². The Morgan fingerprint density at radius 3 is 2.71 bits per heavy atom. The average molecular weight is 333 g/mol. The number of nitrogens with zero attached hydrogens (tertiary/aromatic N) is 3. The first kappa shape index (κ1) is 18.5. The van der Waals surface area contributed by atoms with Gasteiger partial charge in [0.05, 0.1) is 12.7 Å². The molecule has 0 unspecified atom stereocenters. The van der Waals surface area contributed by atoms with Gasteiger partial charge in [-0.15, -0.1) is 6.58 Å². The summed E-state index contributed by atoms with van der Waals surface area (Å²) in [6, 6.07) is 0.451. The Morgan fingerprint density at radius 2 is 2.17 bits per heavy atom. The van der Waals surface area contributed by atoms with Gasteiger partial charge in [0, 0.05) is 38.1 Å². The lowest BCUT2D eigenvalue weighted by molar-refractivity contribution is 0.225. The number of hydrogen-bond donors (Lipinski definition) is 2. The molecule has 1 fully saturated rings. The van der Waals surface area contributed by atoms with Crippen molar-refractivity contribution in [2.45, 2.75) is 51.6 Å². The molecule has 24 heavy (non-hydrogen) atoms. The van der Waals surface area contributed by atoms with Gasteiger partial charge in [-0.1, -0.05) is 26.8 Å². The lowest BCUT2D eigenvalue weighted by atomic mass is 9.94. The van der Waals surface area contributed by atoms with Crippen LogP contribution in [0.4, 0.5) is 0 Å². The van der Waals surface area contributed by atoms with Crippen molar-refractivity contribution in [2.75, 3.05) is 26.7 Å². The highest BCUT2D eigenvalue weighted by molar-refractivity contribution is 5.79. The van der Waals surface area contributed by atoms with Crippen LogP contribution < -0.4 is 10.6 Å².